The monoisotopic (exact) mass is 245 g/mol. The fraction of sp³-hybridized carbons (Fsp3) is 0.154. The van der Waals surface area contributed by atoms with Gasteiger partial charge in [-0.05, 0) is 25.1 Å². The maximum absolute atomic E-state index is 13.8. The SMILES string of the molecule is CC1N=C(N)c2c(F)cccc2N1c1ccco1. The maximum atomic E-state index is 13.8. The molecule has 3 rings (SSSR count). The van der Waals surface area contributed by atoms with Crippen LogP contribution in [0.25, 0.3) is 0 Å². The van der Waals surface area contributed by atoms with Crippen LogP contribution in [-0.2, 0) is 0 Å². The molecule has 0 saturated heterocycles. The molecule has 1 aliphatic rings. The van der Waals surface area contributed by atoms with Crippen molar-refractivity contribution in [3.8, 4) is 0 Å². The molecule has 1 aromatic heterocycles. The Morgan fingerprint density at radius 2 is 2.17 bits per heavy atom. The van der Waals surface area contributed by atoms with E-state index in [4.69, 9.17) is 10.2 Å². The minimum atomic E-state index is -0.378. The summed E-state index contributed by atoms with van der Waals surface area (Å²) < 4.78 is 19.2. The van der Waals surface area contributed by atoms with Crippen LogP contribution in [0.2, 0.25) is 0 Å². The lowest BCUT2D eigenvalue weighted by atomic mass is 10.1. The van der Waals surface area contributed by atoms with E-state index in [0.29, 0.717) is 17.1 Å². The predicted octanol–water partition coefficient (Wildman–Crippen LogP) is 2.62. The standard InChI is InChI=1S/C13H12FN3O/c1-8-16-13(15)12-9(14)4-2-5-10(12)17(8)11-6-3-7-18-11/h2-8H,1H3,(H2,15,16). The largest absolute Gasteiger partial charge is 0.448 e. The number of amidine groups is 1. The van der Waals surface area contributed by atoms with Crippen LogP contribution in [0.4, 0.5) is 16.0 Å². The van der Waals surface area contributed by atoms with Gasteiger partial charge >= 0.3 is 0 Å². The van der Waals surface area contributed by atoms with Crippen molar-refractivity contribution < 1.29 is 8.81 Å². The van der Waals surface area contributed by atoms with Crippen LogP contribution in [-0.4, -0.2) is 12.0 Å². The molecule has 0 amide bonds. The van der Waals surface area contributed by atoms with Gasteiger partial charge in [0.15, 0.2) is 0 Å². The highest BCUT2D eigenvalue weighted by atomic mass is 19.1. The minimum absolute atomic E-state index is 0.221. The van der Waals surface area contributed by atoms with E-state index in [-0.39, 0.29) is 17.8 Å². The number of nitrogens with zero attached hydrogens (tertiary/aromatic N) is 2. The summed E-state index contributed by atoms with van der Waals surface area (Å²) in [6, 6.07) is 8.41. The van der Waals surface area contributed by atoms with Crippen LogP contribution < -0.4 is 10.6 Å². The van der Waals surface area contributed by atoms with Crippen LogP contribution in [0.1, 0.15) is 12.5 Å². The second kappa shape index (κ2) is 3.87. The molecule has 4 nitrogen and oxygen atoms in total. The summed E-state index contributed by atoms with van der Waals surface area (Å²) in [5.74, 6) is 0.459. The zero-order valence-electron chi connectivity index (χ0n) is 9.80. The van der Waals surface area contributed by atoms with E-state index in [0.717, 1.165) is 0 Å². The number of hydrogen-bond donors (Lipinski definition) is 1. The van der Waals surface area contributed by atoms with Gasteiger partial charge in [-0.15, -0.1) is 0 Å². The molecule has 2 heterocycles. The van der Waals surface area contributed by atoms with Crippen molar-refractivity contribution in [3.63, 3.8) is 0 Å². The molecule has 1 aromatic carbocycles. The number of furan rings is 1. The van der Waals surface area contributed by atoms with Gasteiger partial charge in [0.05, 0.1) is 17.5 Å². The molecule has 5 heteroatoms. The minimum Gasteiger partial charge on any atom is -0.448 e. The second-order valence-corrected chi connectivity index (χ2v) is 4.10. The average Bonchev–Trinajstić information content (AvgIpc) is 2.82. The first-order valence-electron chi connectivity index (χ1n) is 5.63. The number of aliphatic imine (C=N–C) groups is 1. The molecule has 0 fully saturated rings. The Balaban J connectivity index is 2.22. The highest BCUT2D eigenvalue weighted by molar-refractivity contribution is 6.05. The normalized spacial score (nSPS) is 18.4. The summed E-state index contributed by atoms with van der Waals surface area (Å²) in [6.45, 7) is 1.88. The van der Waals surface area contributed by atoms with E-state index in [1.165, 1.54) is 6.07 Å². The molecule has 0 radical (unpaired) electrons. The molecule has 1 unspecified atom stereocenters. The molecule has 0 bridgehead atoms. The number of nitrogens with two attached hydrogens (primary N) is 1. The number of hydrogen-bond acceptors (Lipinski definition) is 4. The molecule has 92 valence electrons. The summed E-state index contributed by atoms with van der Waals surface area (Å²) in [5, 5.41) is 0. The van der Waals surface area contributed by atoms with E-state index >= 15 is 0 Å². The molecule has 18 heavy (non-hydrogen) atoms. The predicted molar refractivity (Wildman–Crippen MR) is 67.4 cm³/mol. The van der Waals surface area contributed by atoms with Crippen LogP contribution in [0.15, 0.2) is 46.0 Å². The lowest BCUT2D eigenvalue weighted by molar-refractivity contribution is 0.541. The van der Waals surface area contributed by atoms with E-state index < -0.39 is 0 Å². The van der Waals surface area contributed by atoms with E-state index in [1.54, 1.807) is 24.5 Å². The first-order chi connectivity index (χ1) is 8.68. The Labute approximate surface area is 104 Å². The van der Waals surface area contributed by atoms with Crippen molar-refractivity contribution in [1.29, 1.82) is 0 Å². The van der Waals surface area contributed by atoms with Crippen molar-refractivity contribution in [2.75, 3.05) is 4.90 Å². The third kappa shape index (κ3) is 1.48. The van der Waals surface area contributed by atoms with Crippen LogP contribution >= 0.6 is 0 Å². The van der Waals surface area contributed by atoms with Crippen molar-refractivity contribution in [2.45, 2.75) is 13.1 Å². The molecule has 1 aliphatic heterocycles. The van der Waals surface area contributed by atoms with Gasteiger partial charge in [-0.2, -0.15) is 0 Å². The molecule has 0 aliphatic carbocycles. The molecule has 2 aromatic rings. The number of fused-ring (bicyclic) bond motifs is 1. The Hall–Kier alpha value is -2.30. The molecular weight excluding hydrogens is 233 g/mol. The molecule has 0 saturated carbocycles. The summed E-state index contributed by atoms with van der Waals surface area (Å²) in [4.78, 5) is 6.06. The molecule has 0 spiro atoms. The molecular formula is C13H12FN3O. The van der Waals surface area contributed by atoms with E-state index in [1.807, 2.05) is 17.9 Å². The Bertz CT molecular complexity index is 607. The second-order valence-electron chi connectivity index (χ2n) is 4.10. The lowest BCUT2D eigenvalue weighted by Gasteiger charge is -2.32. The van der Waals surface area contributed by atoms with Gasteiger partial charge in [0.25, 0.3) is 0 Å². The molecule has 2 N–H and O–H groups in total. The van der Waals surface area contributed by atoms with Gasteiger partial charge in [0.1, 0.15) is 17.8 Å². The van der Waals surface area contributed by atoms with Crippen molar-refractivity contribution in [3.05, 3.63) is 48.0 Å². The fourth-order valence-electron chi connectivity index (χ4n) is 2.20. The Morgan fingerprint density at radius 3 is 2.89 bits per heavy atom. The van der Waals surface area contributed by atoms with Gasteiger partial charge in [-0.3, -0.25) is 4.90 Å². The summed E-state index contributed by atoms with van der Waals surface area (Å²) >= 11 is 0. The number of halogens is 1. The Kier molecular flexibility index (Phi) is 2.33. The van der Waals surface area contributed by atoms with Crippen LogP contribution in [0.3, 0.4) is 0 Å². The number of rotatable bonds is 1. The third-order valence-corrected chi connectivity index (χ3v) is 2.95. The zero-order chi connectivity index (χ0) is 12.7. The number of anilines is 2. The van der Waals surface area contributed by atoms with Crippen molar-refractivity contribution >= 4 is 17.4 Å². The first kappa shape index (κ1) is 10.8. The zero-order valence-corrected chi connectivity index (χ0v) is 9.80. The summed E-state index contributed by atoms with van der Waals surface area (Å²) in [5.41, 5.74) is 6.80. The number of benzene rings is 1. The van der Waals surface area contributed by atoms with Crippen LogP contribution in [0, 0.1) is 5.82 Å². The smallest absolute Gasteiger partial charge is 0.201 e. The Morgan fingerprint density at radius 1 is 1.33 bits per heavy atom. The van der Waals surface area contributed by atoms with Crippen molar-refractivity contribution in [2.24, 2.45) is 10.7 Å². The van der Waals surface area contributed by atoms with E-state index in [2.05, 4.69) is 4.99 Å². The van der Waals surface area contributed by atoms with Gasteiger partial charge in [0.2, 0.25) is 5.88 Å². The highest BCUT2D eigenvalue weighted by Crippen LogP contribution is 2.35. The maximum Gasteiger partial charge on any atom is 0.201 e. The van der Waals surface area contributed by atoms with Gasteiger partial charge in [0, 0.05) is 6.07 Å². The fourth-order valence-corrected chi connectivity index (χ4v) is 2.20. The average molecular weight is 245 g/mol. The summed E-state index contributed by atoms with van der Waals surface area (Å²) in [7, 11) is 0. The van der Waals surface area contributed by atoms with E-state index in [9.17, 15) is 4.39 Å². The third-order valence-electron chi connectivity index (χ3n) is 2.95. The molecule has 1 atom stereocenters. The summed E-state index contributed by atoms with van der Waals surface area (Å²) in [6.07, 6.45) is 1.34. The quantitative estimate of drug-likeness (QED) is 0.840. The van der Waals surface area contributed by atoms with Gasteiger partial charge in [-0.25, -0.2) is 9.38 Å². The first-order valence-corrected chi connectivity index (χ1v) is 5.63. The lowest BCUT2D eigenvalue weighted by Crippen LogP contribution is -2.36. The topological polar surface area (TPSA) is 54.8 Å². The van der Waals surface area contributed by atoms with Gasteiger partial charge in [-0.1, -0.05) is 6.07 Å². The van der Waals surface area contributed by atoms with Gasteiger partial charge < -0.3 is 10.2 Å². The van der Waals surface area contributed by atoms with Crippen LogP contribution in [0.5, 0.6) is 0 Å². The highest BCUT2D eigenvalue weighted by Gasteiger charge is 2.28. The van der Waals surface area contributed by atoms with Crippen molar-refractivity contribution in [1.82, 2.24) is 0 Å².